The second-order valence-electron chi connectivity index (χ2n) is 14.1. The minimum absolute atomic E-state index is 0.109. The Balaban J connectivity index is 0.000000177. The van der Waals surface area contributed by atoms with Crippen LogP contribution in [0.2, 0.25) is 0 Å². The second kappa shape index (κ2) is 16.2. The van der Waals surface area contributed by atoms with E-state index in [-0.39, 0.29) is 17.3 Å². The zero-order valence-corrected chi connectivity index (χ0v) is 29.6. The summed E-state index contributed by atoms with van der Waals surface area (Å²) in [4.78, 5) is 17.7. The number of carbonyl (C=O) groups excluding carboxylic acids is 1. The van der Waals surface area contributed by atoms with Gasteiger partial charge in [0, 0.05) is 37.1 Å². The van der Waals surface area contributed by atoms with Crippen molar-refractivity contribution in [2.75, 3.05) is 54.6 Å². The third-order valence-corrected chi connectivity index (χ3v) is 10.6. The van der Waals surface area contributed by atoms with Crippen LogP contribution in [-0.4, -0.2) is 70.1 Å². The van der Waals surface area contributed by atoms with Gasteiger partial charge < -0.3 is 19.1 Å². The zero-order valence-electron chi connectivity index (χ0n) is 29.6. The molecule has 0 bridgehead atoms. The lowest BCUT2D eigenvalue weighted by molar-refractivity contribution is 0.00438. The van der Waals surface area contributed by atoms with Gasteiger partial charge in [-0.15, -0.1) is 0 Å². The Hall–Kier alpha value is -3.97. The summed E-state index contributed by atoms with van der Waals surface area (Å²) in [6.45, 7) is 5.12. The summed E-state index contributed by atoms with van der Waals surface area (Å²) in [6.07, 6.45) is 5.29. The van der Waals surface area contributed by atoms with Gasteiger partial charge in [0.1, 0.15) is 5.60 Å². The molecule has 0 N–H and O–H groups in total. The van der Waals surface area contributed by atoms with Crippen LogP contribution in [0.3, 0.4) is 0 Å². The molecule has 0 spiro atoms. The molecule has 3 aliphatic rings. The molecule has 2 aliphatic heterocycles. The normalized spacial score (nSPS) is 20.5. The summed E-state index contributed by atoms with van der Waals surface area (Å²) in [5, 5.41) is 0. The van der Waals surface area contributed by atoms with Gasteiger partial charge in [-0.2, -0.15) is 0 Å². The largest absolute Gasteiger partial charge is 0.493 e. The highest BCUT2D eigenvalue weighted by Gasteiger charge is 2.47. The smallest absolute Gasteiger partial charge is 0.166 e. The molecule has 2 fully saturated rings. The molecule has 0 aromatic heterocycles. The van der Waals surface area contributed by atoms with Gasteiger partial charge in [0.2, 0.25) is 0 Å². The molecule has 258 valence electrons. The summed E-state index contributed by atoms with van der Waals surface area (Å²) in [7, 11) is 7.53. The van der Waals surface area contributed by atoms with E-state index in [1.54, 1.807) is 14.2 Å². The van der Waals surface area contributed by atoms with Crippen molar-refractivity contribution in [1.82, 2.24) is 9.80 Å². The third-order valence-electron chi connectivity index (χ3n) is 10.6. The quantitative estimate of drug-likeness (QED) is 0.173. The zero-order chi connectivity index (χ0) is 34.2. The van der Waals surface area contributed by atoms with E-state index in [0.717, 1.165) is 63.2 Å². The number of hydrogen-bond acceptors (Lipinski definition) is 6. The Kier molecular flexibility index (Phi) is 11.5. The van der Waals surface area contributed by atoms with Gasteiger partial charge in [0.05, 0.1) is 14.2 Å². The highest BCUT2D eigenvalue weighted by Crippen LogP contribution is 2.46. The molecule has 7 rings (SSSR count). The molecule has 2 atom stereocenters. The summed E-state index contributed by atoms with van der Waals surface area (Å²) < 4.78 is 17.2. The standard InChI is InChI=1S/C24H29NO3.C19H23NO/c1-27-22-14-19-13-20(24(26)21(19)15-23(22)28-2)12-17-8-10-25(11-9-17)16-18-6-4-3-5-7-18;1-20(2)15-18-13-14-21-19(18,16-9-5-3-6-10-16)17-11-7-4-8-12-17/h3-7,14-15,17,20H,8-13,16H2,1-2H3;3-12,18H,13-15H2,1-2H3. The summed E-state index contributed by atoms with van der Waals surface area (Å²) in [5.41, 5.74) is 5.52. The molecule has 6 heteroatoms. The van der Waals surface area contributed by atoms with Crippen LogP contribution in [0.1, 0.15) is 58.3 Å². The molecule has 2 unspecified atom stereocenters. The molecular weight excluding hydrogens is 608 g/mol. The molecule has 4 aromatic rings. The first-order chi connectivity index (χ1) is 23.9. The summed E-state index contributed by atoms with van der Waals surface area (Å²) in [6, 6.07) is 35.9. The number of Topliss-reactive ketones (excluding diaryl/α,β-unsaturated/α-hetero) is 1. The van der Waals surface area contributed by atoms with Crippen LogP contribution < -0.4 is 9.47 Å². The van der Waals surface area contributed by atoms with Crippen LogP contribution in [0.4, 0.5) is 0 Å². The summed E-state index contributed by atoms with van der Waals surface area (Å²) in [5.74, 6) is 2.85. The third kappa shape index (κ3) is 7.93. The van der Waals surface area contributed by atoms with E-state index in [9.17, 15) is 4.79 Å². The van der Waals surface area contributed by atoms with E-state index in [4.69, 9.17) is 14.2 Å². The average Bonchev–Trinajstić information content (AvgIpc) is 3.69. The maximum atomic E-state index is 12.9. The summed E-state index contributed by atoms with van der Waals surface area (Å²) >= 11 is 0. The van der Waals surface area contributed by atoms with Crippen molar-refractivity contribution in [2.24, 2.45) is 17.8 Å². The Labute approximate surface area is 293 Å². The van der Waals surface area contributed by atoms with Gasteiger partial charge in [-0.25, -0.2) is 0 Å². The van der Waals surface area contributed by atoms with Crippen LogP contribution in [0.15, 0.2) is 103 Å². The van der Waals surface area contributed by atoms with Crippen LogP contribution >= 0.6 is 0 Å². The van der Waals surface area contributed by atoms with E-state index >= 15 is 0 Å². The number of carbonyl (C=O) groups is 1. The molecule has 4 aromatic carbocycles. The Morgan fingerprint density at radius 2 is 1.37 bits per heavy atom. The van der Waals surface area contributed by atoms with Crippen LogP contribution in [0.5, 0.6) is 11.5 Å². The minimum atomic E-state index is -0.313. The fraction of sp³-hybridized carbons (Fsp3) is 0.419. The molecule has 1 aliphatic carbocycles. The molecule has 6 nitrogen and oxygen atoms in total. The van der Waals surface area contributed by atoms with Crippen molar-refractivity contribution in [3.8, 4) is 11.5 Å². The SMILES string of the molecule is CN(C)CC1CCOC1(c1ccccc1)c1ccccc1.COc1cc2c(cc1OC)C(=O)C(CC1CCN(Cc3ccccc3)CC1)C2. The maximum absolute atomic E-state index is 12.9. The van der Waals surface area contributed by atoms with Crippen molar-refractivity contribution in [1.29, 1.82) is 0 Å². The van der Waals surface area contributed by atoms with Gasteiger partial charge in [-0.05, 0) is 99.6 Å². The predicted molar refractivity (Wildman–Crippen MR) is 196 cm³/mol. The van der Waals surface area contributed by atoms with E-state index in [1.165, 1.54) is 29.5 Å². The number of likely N-dealkylation sites (tertiary alicyclic amines) is 1. The number of piperidine rings is 1. The average molecular weight is 661 g/mol. The molecule has 49 heavy (non-hydrogen) atoms. The highest BCUT2D eigenvalue weighted by atomic mass is 16.5. The van der Waals surface area contributed by atoms with E-state index < -0.39 is 0 Å². The minimum Gasteiger partial charge on any atom is -0.493 e. The van der Waals surface area contributed by atoms with E-state index in [0.29, 0.717) is 23.3 Å². The van der Waals surface area contributed by atoms with Crippen LogP contribution in [-0.2, 0) is 23.3 Å². The van der Waals surface area contributed by atoms with Crippen molar-refractivity contribution in [3.63, 3.8) is 0 Å². The van der Waals surface area contributed by atoms with Crippen molar-refractivity contribution in [3.05, 3.63) is 131 Å². The molecular formula is C43H52N2O4. The van der Waals surface area contributed by atoms with Crippen LogP contribution in [0, 0.1) is 17.8 Å². The Morgan fingerprint density at radius 1 is 0.796 bits per heavy atom. The Bertz CT molecular complexity index is 1600. The second-order valence-corrected chi connectivity index (χ2v) is 14.1. The number of ether oxygens (including phenoxy) is 3. The maximum Gasteiger partial charge on any atom is 0.166 e. The first-order valence-electron chi connectivity index (χ1n) is 17.9. The van der Waals surface area contributed by atoms with Gasteiger partial charge in [0.25, 0.3) is 0 Å². The molecule has 0 saturated carbocycles. The number of ketones is 1. The Morgan fingerprint density at radius 3 is 1.94 bits per heavy atom. The molecule has 2 heterocycles. The van der Waals surface area contributed by atoms with Gasteiger partial charge in [-0.3, -0.25) is 9.69 Å². The first-order valence-corrected chi connectivity index (χ1v) is 17.9. The number of hydrogen-bond donors (Lipinski definition) is 0. The highest BCUT2D eigenvalue weighted by molar-refractivity contribution is 6.02. The number of methoxy groups -OCH3 is 2. The fourth-order valence-corrected chi connectivity index (χ4v) is 8.23. The lowest BCUT2D eigenvalue weighted by Crippen LogP contribution is -2.39. The predicted octanol–water partition coefficient (Wildman–Crippen LogP) is 7.89. The monoisotopic (exact) mass is 660 g/mol. The lowest BCUT2D eigenvalue weighted by Gasteiger charge is -2.37. The number of fused-ring (bicyclic) bond motifs is 1. The van der Waals surface area contributed by atoms with Crippen LogP contribution in [0.25, 0.3) is 0 Å². The van der Waals surface area contributed by atoms with Crippen molar-refractivity contribution in [2.45, 2.75) is 44.2 Å². The van der Waals surface area contributed by atoms with E-state index in [1.807, 2.05) is 12.1 Å². The fourth-order valence-electron chi connectivity index (χ4n) is 8.23. The molecule has 0 radical (unpaired) electrons. The number of rotatable bonds is 10. The van der Waals surface area contributed by atoms with Gasteiger partial charge >= 0.3 is 0 Å². The molecule has 0 amide bonds. The lowest BCUT2D eigenvalue weighted by atomic mass is 9.76. The topological polar surface area (TPSA) is 51.2 Å². The van der Waals surface area contributed by atoms with Crippen molar-refractivity contribution < 1.29 is 19.0 Å². The number of nitrogens with zero attached hydrogens (tertiary/aromatic N) is 2. The number of benzene rings is 4. The van der Waals surface area contributed by atoms with Gasteiger partial charge in [0.15, 0.2) is 17.3 Å². The van der Waals surface area contributed by atoms with Gasteiger partial charge in [-0.1, -0.05) is 91.0 Å². The van der Waals surface area contributed by atoms with Crippen molar-refractivity contribution >= 4 is 5.78 Å². The van der Waals surface area contributed by atoms with E-state index in [2.05, 4.69) is 115 Å². The first kappa shape index (κ1) is 34.9. The molecule has 2 saturated heterocycles.